The van der Waals surface area contributed by atoms with Crippen molar-refractivity contribution in [2.24, 2.45) is 0 Å². The molecule has 0 aliphatic carbocycles. The van der Waals surface area contributed by atoms with Crippen molar-refractivity contribution in [3.63, 3.8) is 0 Å². The fourth-order valence-corrected chi connectivity index (χ4v) is 5.84. The SMILES string of the molecule is COc1cc(Cl)c(-c2cc(F)cc(Cl)c2)cc1-n1c(=O)ccc2cc(S(=O)(=O)Cc3ccon3)ccc21. The van der Waals surface area contributed by atoms with Gasteiger partial charge < -0.3 is 9.26 Å². The first-order valence-electron chi connectivity index (χ1n) is 10.8. The normalized spacial score (nSPS) is 11.7. The summed E-state index contributed by atoms with van der Waals surface area (Å²) in [5.74, 6) is -0.592. The van der Waals surface area contributed by atoms with Crippen molar-refractivity contribution in [3.05, 3.63) is 105 Å². The molecule has 0 saturated carbocycles. The van der Waals surface area contributed by atoms with Crippen LogP contribution in [0.25, 0.3) is 27.7 Å². The number of hydrogen-bond donors (Lipinski definition) is 0. The van der Waals surface area contributed by atoms with Gasteiger partial charge in [-0.2, -0.15) is 0 Å². The van der Waals surface area contributed by atoms with E-state index in [4.69, 9.17) is 32.5 Å². The predicted molar refractivity (Wildman–Crippen MR) is 139 cm³/mol. The van der Waals surface area contributed by atoms with Crippen molar-refractivity contribution in [3.8, 4) is 22.6 Å². The van der Waals surface area contributed by atoms with Gasteiger partial charge in [0, 0.05) is 34.2 Å². The molecule has 5 aromatic rings. The quantitative estimate of drug-likeness (QED) is 0.251. The summed E-state index contributed by atoms with van der Waals surface area (Å²) in [5, 5.41) is 4.61. The van der Waals surface area contributed by atoms with Gasteiger partial charge in [-0.3, -0.25) is 9.36 Å². The lowest BCUT2D eigenvalue weighted by Crippen LogP contribution is -2.18. The summed E-state index contributed by atoms with van der Waals surface area (Å²) in [6.45, 7) is 0. The summed E-state index contributed by atoms with van der Waals surface area (Å²) in [7, 11) is -2.30. The van der Waals surface area contributed by atoms with E-state index in [0.29, 0.717) is 27.7 Å². The standard InChI is InChI=1S/C26H17Cl2FN2O5S/c1-35-25-13-22(28)21(16-8-17(27)11-18(29)9-16)12-24(25)31-23-4-3-20(10-15(23)2-5-26(31)32)37(33,34)14-19-6-7-36-30-19/h2-13H,14H2,1H3. The molecule has 0 aliphatic rings. The lowest BCUT2D eigenvalue weighted by molar-refractivity contribution is 0.413. The van der Waals surface area contributed by atoms with E-state index in [1.54, 1.807) is 24.3 Å². The molecule has 0 N–H and O–H groups in total. The first kappa shape index (κ1) is 25.0. The maximum atomic E-state index is 14.1. The molecule has 11 heteroatoms. The van der Waals surface area contributed by atoms with Crippen LogP contribution in [0.15, 0.2) is 87.2 Å². The number of sulfone groups is 1. The first-order chi connectivity index (χ1) is 17.7. The second kappa shape index (κ2) is 9.66. The van der Waals surface area contributed by atoms with Crippen LogP contribution in [-0.4, -0.2) is 25.3 Å². The number of hydrogen-bond acceptors (Lipinski definition) is 6. The maximum absolute atomic E-state index is 14.1. The van der Waals surface area contributed by atoms with Gasteiger partial charge in [-0.1, -0.05) is 28.4 Å². The Labute approximate surface area is 220 Å². The van der Waals surface area contributed by atoms with Crippen LogP contribution >= 0.6 is 23.2 Å². The number of methoxy groups -OCH3 is 1. The number of pyridine rings is 1. The molecular weight excluding hydrogens is 542 g/mol. The molecule has 2 aromatic heterocycles. The van der Waals surface area contributed by atoms with E-state index in [0.717, 1.165) is 0 Å². The minimum absolute atomic E-state index is 0.0614. The topological polar surface area (TPSA) is 91.4 Å². The molecular formula is C26H17Cl2FN2O5S. The molecule has 2 heterocycles. The Hall–Kier alpha value is -3.66. The number of aromatic nitrogens is 2. The van der Waals surface area contributed by atoms with Crippen LogP contribution in [0.4, 0.5) is 4.39 Å². The maximum Gasteiger partial charge on any atom is 0.255 e. The zero-order valence-corrected chi connectivity index (χ0v) is 21.4. The second-order valence-electron chi connectivity index (χ2n) is 8.14. The van der Waals surface area contributed by atoms with Crippen LogP contribution in [0.2, 0.25) is 10.0 Å². The molecule has 0 fully saturated rings. The molecule has 37 heavy (non-hydrogen) atoms. The Kier molecular flexibility index (Phi) is 6.53. The summed E-state index contributed by atoms with van der Waals surface area (Å²) in [5.41, 5.74) is 1.48. The van der Waals surface area contributed by atoms with Gasteiger partial charge in [-0.25, -0.2) is 12.8 Å². The Morgan fingerprint density at radius 3 is 2.54 bits per heavy atom. The highest BCUT2D eigenvalue weighted by Gasteiger charge is 2.20. The smallest absolute Gasteiger partial charge is 0.255 e. The molecule has 0 aliphatic heterocycles. The van der Waals surface area contributed by atoms with Crippen molar-refractivity contribution in [1.82, 2.24) is 9.72 Å². The molecule has 5 rings (SSSR count). The van der Waals surface area contributed by atoms with Gasteiger partial charge >= 0.3 is 0 Å². The third kappa shape index (κ3) is 4.85. The summed E-state index contributed by atoms with van der Waals surface area (Å²) < 4.78 is 51.5. The molecule has 3 aromatic carbocycles. The van der Waals surface area contributed by atoms with Crippen LogP contribution in [0.3, 0.4) is 0 Å². The van der Waals surface area contributed by atoms with Gasteiger partial charge in [-0.05, 0) is 54.1 Å². The highest BCUT2D eigenvalue weighted by molar-refractivity contribution is 7.90. The van der Waals surface area contributed by atoms with Crippen molar-refractivity contribution in [2.45, 2.75) is 10.6 Å². The van der Waals surface area contributed by atoms with Gasteiger partial charge in [-0.15, -0.1) is 0 Å². The Balaban J connectivity index is 1.69. The average Bonchev–Trinajstić information content (AvgIpc) is 3.35. The zero-order chi connectivity index (χ0) is 26.3. The average molecular weight is 559 g/mol. The molecule has 0 saturated heterocycles. The number of nitrogens with zero attached hydrogens (tertiary/aromatic N) is 2. The van der Waals surface area contributed by atoms with Gasteiger partial charge in [0.05, 0.1) is 33.9 Å². The second-order valence-corrected chi connectivity index (χ2v) is 11.0. The van der Waals surface area contributed by atoms with E-state index in [2.05, 4.69) is 5.16 Å². The number of halogens is 3. The molecule has 0 unspecified atom stereocenters. The largest absolute Gasteiger partial charge is 0.495 e. The molecule has 0 amide bonds. The van der Waals surface area contributed by atoms with Crippen molar-refractivity contribution in [2.75, 3.05) is 7.11 Å². The van der Waals surface area contributed by atoms with Crippen LogP contribution in [-0.2, 0) is 15.6 Å². The third-order valence-electron chi connectivity index (χ3n) is 5.74. The van der Waals surface area contributed by atoms with E-state index < -0.39 is 21.2 Å². The lowest BCUT2D eigenvalue weighted by Gasteiger charge is -2.17. The molecule has 0 bridgehead atoms. The molecule has 0 spiro atoms. The first-order valence-corrected chi connectivity index (χ1v) is 13.2. The minimum atomic E-state index is -3.73. The highest BCUT2D eigenvalue weighted by Crippen LogP contribution is 2.38. The van der Waals surface area contributed by atoms with Gasteiger partial charge in [0.1, 0.15) is 23.6 Å². The van der Waals surface area contributed by atoms with Gasteiger partial charge in [0.25, 0.3) is 5.56 Å². The predicted octanol–water partition coefficient (Wildman–Crippen LogP) is 6.07. The number of ether oxygens (including phenoxy) is 1. The fourth-order valence-electron chi connectivity index (χ4n) is 4.07. The van der Waals surface area contributed by atoms with Crippen LogP contribution in [0.1, 0.15) is 5.69 Å². The Morgan fingerprint density at radius 2 is 1.84 bits per heavy atom. The van der Waals surface area contributed by atoms with E-state index >= 15 is 0 Å². The van der Waals surface area contributed by atoms with Crippen molar-refractivity contribution < 1.29 is 22.1 Å². The third-order valence-corrected chi connectivity index (χ3v) is 7.92. The summed E-state index contributed by atoms with van der Waals surface area (Å²) in [6.07, 6.45) is 1.30. The van der Waals surface area contributed by atoms with Crippen LogP contribution < -0.4 is 10.3 Å². The molecule has 0 atom stereocenters. The fraction of sp³-hybridized carbons (Fsp3) is 0.0769. The van der Waals surface area contributed by atoms with Crippen molar-refractivity contribution >= 4 is 43.9 Å². The van der Waals surface area contributed by atoms with E-state index in [9.17, 15) is 17.6 Å². The van der Waals surface area contributed by atoms with E-state index in [1.807, 2.05) is 0 Å². The van der Waals surface area contributed by atoms with Crippen molar-refractivity contribution in [1.29, 1.82) is 0 Å². The number of fused-ring (bicyclic) bond motifs is 1. The van der Waals surface area contributed by atoms with E-state index in [1.165, 1.54) is 60.4 Å². The van der Waals surface area contributed by atoms with E-state index in [-0.39, 0.29) is 32.1 Å². The van der Waals surface area contributed by atoms with Crippen LogP contribution in [0.5, 0.6) is 5.75 Å². The van der Waals surface area contributed by atoms with Gasteiger partial charge in [0.15, 0.2) is 9.84 Å². The summed E-state index contributed by atoms with van der Waals surface area (Å²) in [6, 6.07) is 15.9. The monoisotopic (exact) mass is 558 g/mol. The summed E-state index contributed by atoms with van der Waals surface area (Å²) in [4.78, 5) is 13.2. The number of rotatable bonds is 6. The molecule has 7 nitrogen and oxygen atoms in total. The Bertz CT molecular complexity index is 1800. The lowest BCUT2D eigenvalue weighted by atomic mass is 10.0. The van der Waals surface area contributed by atoms with Crippen LogP contribution in [0, 0.1) is 5.82 Å². The number of benzene rings is 3. The Morgan fingerprint density at radius 1 is 1.03 bits per heavy atom. The highest BCUT2D eigenvalue weighted by atomic mass is 35.5. The zero-order valence-electron chi connectivity index (χ0n) is 19.1. The molecule has 0 radical (unpaired) electrons. The minimum Gasteiger partial charge on any atom is -0.495 e. The molecule has 188 valence electrons. The van der Waals surface area contributed by atoms with Gasteiger partial charge in [0.2, 0.25) is 0 Å². The summed E-state index contributed by atoms with van der Waals surface area (Å²) >= 11 is 12.5.